The van der Waals surface area contributed by atoms with Crippen molar-refractivity contribution in [3.63, 3.8) is 0 Å². The number of carbonyl (C=O) groups excluding carboxylic acids is 2. The number of ether oxygens (including phenoxy) is 1. The number of azo groups is 1. The number of halogens is 3. The molecule has 24 heavy (non-hydrogen) atoms. The van der Waals surface area contributed by atoms with Gasteiger partial charge in [-0.05, 0) is 18.6 Å². The Morgan fingerprint density at radius 2 is 2.08 bits per heavy atom. The van der Waals surface area contributed by atoms with Crippen LogP contribution in [0.4, 0.5) is 13.2 Å². The fourth-order valence-corrected chi connectivity index (χ4v) is 2.27. The van der Waals surface area contributed by atoms with Gasteiger partial charge in [-0.2, -0.15) is 18.3 Å². The number of alkyl halides is 3. The molecule has 0 aromatic heterocycles. The van der Waals surface area contributed by atoms with Gasteiger partial charge in [-0.1, -0.05) is 18.2 Å². The molecule has 1 heterocycles. The average molecular weight is 343 g/mol. The molecular formula is C15H16F3N3O3. The predicted octanol–water partition coefficient (Wildman–Crippen LogP) is 2.81. The van der Waals surface area contributed by atoms with E-state index in [1.165, 1.54) is 6.92 Å². The van der Waals surface area contributed by atoms with Crippen LogP contribution in [0.25, 0.3) is 0 Å². The molecule has 2 rings (SSSR count). The van der Waals surface area contributed by atoms with E-state index in [-0.39, 0.29) is 13.0 Å². The van der Waals surface area contributed by atoms with E-state index in [0.29, 0.717) is 11.1 Å². The molecule has 1 N–H and O–H groups in total. The summed E-state index contributed by atoms with van der Waals surface area (Å²) in [5, 5.41) is 9.88. The molecule has 2 atom stereocenters. The Bertz CT molecular complexity index is 646. The van der Waals surface area contributed by atoms with Crippen molar-refractivity contribution in [1.82, 2.24) is 5.32 Å². The van der Waals surface area contributed by atoms with E-state index in [1.807, 2.05) is 0 Å². The van der Waals surface area contributed by atoms with Crippen molar-refractivity contribution in [2.45, 2.75) is 31.6 Å². The molecule has 0 bridgehead atoms. The molecule has 0 spiro atoms. The summed E-state index contributed by atoms with van der Waals surface area (Å²) in [4.78, 5) is 23.6. The summed E-state index contributed by atoms with van der Waals surface area (Å²) in [7, 11) is 0. The molecule has 1 aliphatic heterocycles. The van der Waals surface area contributed by atoms with E-state index >= 15 is 0 Å². The fraction of sp³-hybridized carbons (Fsp3) is 0.467. The highest BCUT2D eigenvalue weighted by Crippen LogP contribution is 2.29. The van der Waals surface area contributed by atoms with Crippen molar-refractivity contribution in [3.8, 4) is 0 Å². The summed E-state index contributed by atoms with van der Waals surface area (Å²) in [6.45, 7) is -0.0832. The molecule has 1 aromatic carbocycles. The van der Waals surface area contributed by atoms with Crippen LogP contribution in [0, 0.1) is 0 Å². The Labute approximate surface area is 136 Å². The van der Waals surface area contributed by atoms with Crippen LogP contribution in [0.2, 0.25) is 0 Å². The smallest absolute Gasteiger partial charge is 0.370 e. The van der Waals surface area contributed by atoms with E-state index in [2.05, 4.69) is 20.3 Å². The quantitative estimate of drug-likeness (QED) is 0.862. The Balaban J connectivity index is 1.86. The van der Waals surface area contributed by atoms with Gasteiger partial charge in [0.05, 0.1) is 13.0 Å². The molecule has 6 nitrogen and oxygen atoms in total. The molecule has 0 radical (unpaired) electrons. The zero-order valence-electron chi connectivity index (χ0n) is 12.8. The van der Waals surface area contributed by atoms with Crippen LogP contribution in [0.15, 0.2) is 34.5 Å². The largest absolute Gasteiger partial charge is 0.411 e. The van der Waals surface area contributed by atoms with Gasteiger partial charge >= 0.3 is 6.18 Å². The van der Waals surface area contributed by atoms with Gasteiger partial charge < -0.3 is 10.1 Å². The van der Waals surface area contributed by atoms with Gasteiger partial charge in [-0.25, -0.2) is 0 Å². The fourth-order valence-electron chi connectivity index (χ4n) is 2.27. The minimum absolute atomic E-state index is 0.0581. The summed E-state index contributed by atoms with van der Waals surface area (Å²) < 4.78 is 40.5. The first kappa shape index (κ1) is 18.1. The number of benzene rings is 1. The predicted molar refractivity (Wildman–Crippen MR) is 77.5 cm³/mol. The summed E-state index contributed by atoms with van der Waals surface area (Å²) >= 11 is 0. The third kappa shape index (κ3) is 5.12. The van der Waals surface area contributed by atoms with Gasteiger partial charge in [0.25, 0.3) is 5.91 Å². The number of rotatable bonds is 6. The van der Waals surface area contributed by atoms with Gasteiger partial charge in [-0.15, -0.1) is 5.11 Å². The second-order valence-electron chi connectivity index (χ2n) is 5.43. The Hall–Kier alpha value is -2.29. The van der Waals surface area contributed by atoms with Gasteiger partial charge in [0.1, 0.15) is 12.6 Å². The van der Waals surface area contributed by atoms with Crippen molar-refractivity contribution in [2.75, 3.05) is 13.2 Å². The number of carbonyl (C=O) groups is 2. The first-order valence-electron chi connectivity index (χ1n) is 7.24. The van der Waals surface area contributed by atoms with Crippen LogP contribution in [-0.2, 0) is 9.53 Å². The first-order valence-corrected chi connectivity index (χ1v) is 7.24. The van der Waals surface area contributed by atoms with Crippen molar-refractivity contribution in [3.05, 3.63) is 35.4 Å². The van der Waals surface area contributed by atoms with Crippen molar-refractivity contribution < 1.29 is 27.5 Å². The molecule has 0 saturated heterocycles. The average Bonchev–Trinajstić information content (AvgIpc) is 2.49. The Kier molecular flexibility index (Phi) is 5.66. The van der Waals surface area contributed by atoms with E-state index in [9.17, 15) is 22.8 Å². The Morgan fingerprint density at radius 1 is 1.38 bits per heavy atom. The van der Waals surface area contributed by atoms with Crippen molar-refractivity contribution >= 4 is 11.8 Å². The molecule has 1 aromatic rings. The highest BCUT2D eigenvalue weighted by atomic mass is 19.4. The van der Waals surface area contributed by atoms with Gasteiger partial charge in [0, 0.05) is 11.6 Å². The molecule has 0 saturated carbocycles. The topological polar surface area (TPSA) is 80.1 Å². The maximum atomic E-state index is 12.0. The summed E-state index contributed by atoms with van der Waals surface area (Å²) in [6.07, 6.45) is -4.46. The van der Waals surface area contributed by atoms with Crippen LogP contribution >= 0.6 is 0 Å². The highest BCUT2D eigenvalue weighted by Gasteiger charge is 2.28. The van der Waals surface area contributed by atoms with E-state index in [4.69, 9.17) is 0 Å². The molecule has 2 unspecified atom stereocenters. The SMILES string of the molecule is CC(COCC(F)(F)F)NC(=O)CC1N=NC(=O)c2ccccc21. The van der Waals surface area contributed by atoms with Crippen LogP contribution in [-0.4, -0.2) is 37.2 Å². The molecule has 0 fully saturated rings. The van der Waals surface area contributed by atoms with Gasteiger partial charge in [0.15, 0.2) is 0 Å². The highest BCUT2D eigenvalue weighted by molar-refractivity contribution is 5.97. The second kappa shape index (κ2) is 7.52. The lowest BCUT2D eigenvalue weighted by atomic mass is 9.96. The van der Waals surface area contributed by atoms with Crippen molar-refractivity contribution in [2.24, 2.45) is 10.2 Å². The lowest BCUT2D eigenvalue weighted by molar-refractivity contribution is -0.175. The first-order chi connectivity index (χ1) is 11.3. The van der Waals surface area contributed by atoms with Crippen LogP contribution < -0.4 is 5.32 Å². The Morgan fingerprint density at radius 3 is 2.79 bits per heavy atom. The van der Waals surface area contributed by atoms with E-state index in [0.717, 1.165) is 0 Å². The third-order valence-corrected chi connectivity index (χ3v) is 3.26. The van der Waals surface area contributed by atoms with Crippen LogP contribution in [0.5, 0.6) is 0 Å². The second-order valence-corrected chi connectivity index (χ2v) is 5.43. The monoisotopic (exact) mass is 343 g/mol. The molecule has 9 heteroatoms. The number of hydrogen-bond acceptors (Lipinski definition) is 4. The van der Waals surface area contributed by atoms with Gasteiger partial charge in [0.2, 0.25) is 5.91 Å². The lowest BCUT2D eigenvalue weighted by Gasteiger charge is -2.19. The number of hydrogen-bond donors (Lipinski definition) is 1. The van der Waals surface area contributed by atoms with Gasteiger partial charge in [-0.3, -0.25) is 9.59 Å². The minimum Gasteiger partial charge on any atom is -0.370 e. The van der Waals surface area contributed by atoms with Crippen LogP contribution in [0.1, 0.15) is 35.3 Å². The number of amides is 2. The molecule has 0 aliphatic carbocycles. The maximum absolute atomic E-state index is 12.0. The maximum Gasteiger partial charge on any atom is 0.411 e. The van der Waals surface area contributed by atoms with Crippen molar-refractivity contribution in [1.29, 1.82) is 0 Å². The number of fused-ring (bicyclic) bond motifs is 1. The molecule has 130 valence electrons. The standard InChI is InChI=1S/C15H16F3N3O3/c1-9(7-24-8-15(16,17)18)19-13(22)6-12-10-4-2-3-5-11(10)14(23)21-20-12/h2-5,9,12H,6-8H2,1H3,(H,19,22). The minimum atomic E-state index is -4.40. The van der Waals surface area contributed by atoms with Crippen LogP contribution in [0.3, 0.4) is 0 Å². The summed E-state index contributed by atoms with van der Waals surface area (Å²) in [5.74, 6) is -0.873. The zero-order chi connectivity index (χ0) is 17.7. The van der Waals surface area contributed by atoms with E-state index < -0.39 is 36.7 Å². The van der Waals surface area contributed by atoms with E-state index in [1.54, 1.807) is 24.3 Å². The number of nitrogens with zero attached hydrogens (tertiary/aromatic N) is 2. The number of nitrogens with one attached hydrogen (secondary N) is 1. The normalized spacial score (nSPS) is 18.2. The molecular weight excluding hydrogens is 327 g/mol. The summed E-state index contributed by atoms with van der Waals surface area (Å²) in [6, 6.07) is 5.54. The molecule has 2 amide bonds. The third-order valence-electron chi connectivity index (χ3n) is 3.26. The lowest BCUT2D eigenvalue weighted by Crippen LogP contribution is -2.37. The summed E-state index contributed by atoms with van der Waals surface area (Å²) in [5.41, 5.74) is 1.00. The molecule has 1 aliphatic rings. The zero-order valence-corrected chi connectivity index (χ0v) is 12.8.